The number of nitrogens with one attached hydrogen (secondary N) is 1. The van der Waals surface area contributed by atoms with Gasteiger partial charge in [0.15, 0.2) is 0 Å². The molecule has 198 valence electrons. The monoisotopic (exact) mass is 519 g/mol. The van der Waals surface area contributed by atoms with Crippen LogP contribution < -0.4 is 19.1 Å². The molecule has 0 aliphatic rings. The third-order valence-electron chi connectivity index (χ3n) is 5.60. The summed E-state index contributed by atoms with van der Waals surface area (Å²) in [6.07, 6.45) is 1.41. The van der Waals surface area contributed by atoms with E-state index in [-0.39, 0.29) is 18.4 Å². The van der Waals surface area contributed by atoms with E-state index >= 15 is 0 Å². The van der Waals surface area contributed by atoms with Crippen molar-refractivity contribution in [2.75, 3.05) is 37.9 Å². The topological polar surface area (TPSA) is 105 Å². The molecule has 0 heterocycles. The normalized spacial score (nSPS) is 12.1. The van der Waals surface area contributed by atoms with Crippen LogP contribution in [-0.4, -0.2) is 64.7 Å². The Morgan fingerprint density at radius 3 is 2.17 bits per heavy atom. The lowest BCUT2D eigenvalue weighted by atomic mass is 10.1. The first-order chi connectivity index (χ1) is 17.0. The van der Waals surface area contributed by atoms with Crippen LogP contribution in [0.2, 0.25) is 0 Å². The Morgan fingerprint density at radius 2 is 1.64 bits per heavy atom. The van der Waals surface area contributed by atoms with Gasteiger partial charge in [0.25, 0.3) is 0 Å². The number of sulfonamides is 1. The summed E-state index contributed by atoms with van der Waals surface area (Å²) in [6, 6.07) is 12.9. The SMILES string of the molecule is CC[C@H](C(=O)NCC(C)C)N(Cc1ccc(OC)cc1)C(=O)CN(c1cccc(OC)c1)S(C)(=O)=O. The molecule has 0 aliphatic carbocycles. The molecule has 0 fully saturated rings. The summed E-state index contributed by atoms with van der Waals surface area (Å²) >= 11 is 0. The van der Waals surface area contributed by atoms with Crippen LogP contribution >= 0.6 is 0 Å². The fraction of sp³-hybridized carbons (Fsp3) is 0.462. The maximum Gasteiger partial charge on any atom is 0.244 e. The summed E-state index contributed by atoms with van der Waals surface area (Å²) in [4.78, 5) is 28.2. The molecule has 0 saturated carbocycles. The molecule has 10 heteroatoms. The van der Waals surface area contributed by atoms with Gasteiger partial charge in [-0.05, 0) is 42.2 Å². The van der Waals surface area contributed by atoms with Gasteiger partial charge in [0.2, 0.25) is 21.8 Å². The van der Waals surface area contributed by atoms with Gasteiger partial charge < -0.3 is 19.7 Å². The standard InChI is InChI=1S/C26H37N3O6S/c1-7-24(26(31)27-16-19(2)3)28(17-20-11-13-22(34-4)14-12-20)25(30)18-29(36(6,32)33)21-9-8-10-23(15-21)35-5/h8-15,19,24H,7,16-18H2,1-6H3,(H,27,31)/t24-/m1/s1. The van der Waals surface area contributed by atoms with Crippen molar-refractivity contribution in [2.24, 2.45) is 5.92 Å². The minimum absolute atomic E-state index is 0.131. The zero-order valence-electron chi connectivity index (χ0n) is 21.9. The van der Waals surface area contributed by atoms with E-state index in [0.29, 0.717) is 30.2 Å². The van der Waals surface area contributed by atoms with E-state index in [1.54, 1.807) is 43.5 Å². The molecule has 1 N–H and O–H groups in total. The van der Waals surface area contributed by atoms with E-state index in [9.17, 15) is 18.0 Å². The van der Waals surface area contributed by atoms with Gasteiger partial charge in [-0.15, -0.1) is 0 Å². The zero-order chi connectivity index (χ0) is 26.9. The Bertz CT molecular complexity index is 1120. The van der Waals surface area contributed by atoms with Crippen LogP contribution in [0.4, 0.5) is 5.69 Å². The van der Waals surface area contributed by atoms with E-state index in [1.165, 1.54) is 12.0 Å². The van der Waals surface area contributed by atoms with Crippen LogP contribution in [0, 0.1) is 5.92 Å². The molecule has 2 amide bonds. The van der Waals surface area contributed by atoms with Crippen molar-refractivity contribution >= 4 is 27.5 Å². The first-order valence-corrected chi connectivity index (χ1v) is 13.7. The van der Waals surface area contributed by atoms with Crippen LogP contribution in [0.1, 0.15) is 32.8 Å². The van der Waals surface area contributed by atoms with E-state index in [4.69, 9.17) is 9.47 Å². The number of carbonyl (C=O) groups is 2. The minimum Gasteiger partial charge on any atom is -0.497 e. The summed E-state index contributed by atoms with van der Waals surface area (Å²) in [5, 5.41) is 2.90. The largest absolute Gasteiger partial charge is 0.497 e. The second-order valence-corrected chi connectivity index (χ2v) is 10.8. The molecule has 0 spiro atoms. The van der Waals surface area contributed by atoms with Gasteiger partial charge in [0.1, 0.15) is 24.1 Å². The third-order valence-corrected chi connectivity index (χ3v) is 6.74. The molecule has 0 radical (unpaired) electrons. The number of carbonyl (C=O) groups excluding carboxylic acids is 2. The number of hydrogen-bond acceptors (Lipinski definition) is 6. The first-order valence-electron chi connectivity index (χ1n) is 11.8. The van der Waals surface area contributed by atoms with Gasteiger partial charge >= 0.3 is 0 Å². The van der Waals surface area contributed by atoms with Crippen molar-refractivity contribution in [3.8, 4) is 11.5 Å². The highest BCUT2D eigenvalue weighted by Crippen LogP contribution is 2.24. The molecule has 0 saturated heterocycles. The lowest BCUT2D eigenvalue weighted by Gasteiger charge is -2.33. The van der Waals surface area contributed by atoms with Crippen LogP contribution in [0.25, 0.3) is 0 Å². The van der Waals surface area contributed by atoms with E-state index in [0.717, 1.165) is 16.1 Å². The molecule has 9 nitrogen and oxygen atoms in total. The van der Waals surface area contributed by atoms with Gasteiger partial charge in [0.05, 0.1) is 26.2 Å². The number of benzene rings is 2. The highest BCUT2D eigenvalue weighted by molar-refractivity contribution is 7.92. The van der Waals surface area contributed by atoms with Crippen molar-refractivity contribution in [1.29, 1.82) is 0 Å². The van der Waals surface area contributed by atoms with Crippen LogP contribution in [0.5, 0.6) is 11.5 Å². The van der Waals surface area contributed by atoms with E-state index < -0.39 is 28.5 Å². The highest BCUT2D eigenvalue weighted by atomic mass is 32.2. The van der Waals surface area contributed by atoms with Gasteiger partial charge in [-0.25, -0.2) is 8.42 Å². The number of hydrogen-bond donors (Lipinski definition) is 1. The molecular formula is C26H37N3O6S. The fourth-order valence-electron chi connectivity index (χ4n) is 3.65. The van der Waals surface area contributed by atoms with E-state index in [1.807, 2.05) is 32.9 Å². The number of nitrogens with zero attached hydrogens (tertiary/aromatic N) is 2. The maximum atomic E-state index is 13.7. The highest BCUT2D eigenvalue weighted by Gasteiger charge is 2.31. The van der Waals surface area contributed by atoms with Crippen molar-refractivity contribution in [3.63, 3.8) is 0 Å². The van der Waals surface area contributed by atoms with Crippen LogP contribution in [0.3, 0.4) is 0 Å². The molecule has 0 aromatic heterocycles. The fourth-order valence-corrected chi connectivity index (χ4v) is 4.49. The summed E-state index contributed by atoms with van der Waals surface area (Å²) in [7, 11) is -0.770. The average molecular weight is 520 g/mol. The second kappa shape index (κ2) is 13.2. The summed E-state index contributed by atoms with van der Waals surface area (Å²) in [5.41, 5.74) is 1.08. The second-order valence-electron chi connectivity index (χ2n) is 8.90. The number of methoxy groups -OCH3 is 2. The van der Waals surface area contributed by atoms with Gasteiger partial charge in [-0.2, -0.15) is 0 Å². The van der Waals surface area contributed by atoms with Gasteiger partial charge in [-0.3, -0.25) is 13.9 Å². The predicted molar refractivity (Wildman–Crippen MR) is 141 cm³/mol. The first kappa shape index (κ1) is 29.0. The number of ether oxygens (including phenoxy) is 2. The Balaban J connectivity index is 2.43. The molecule has 1 atom stereocenters. The smallest absolute Gasteiger partial charge is 0.244 e. The number of anilines is 1. The zero-order valence-corrected chi connectivity index (χ0v) is 22.7. The van der Waals surface area contributed by atoms with Crippen molar-refractivity contribution < 1.29 is 27.5 Å². The quantitative estimate of drug-likeness (QED) is 0.436. The lowest BCUT2D eigenvalue weighted by molar-refractivity contribution is -0.140. The Kier molecular flexibility index (Phi) is 10.6. The molecular weight excluding hydrogens is 482 g/mol. The van der Waals surface area contributed by atoms with Gasteiger partial charge in [-0.1, -0.05) is 39.0 Å². The summed E-state index contributed by atoms with van der Waals surface area (Å²) in [5.74, 6) is 0.597. The van der Waals surface area contributed by atoms with Crippen molar-refractivity contribution in [3.05, 3.63) is 54.1 Å². The average Bonchev–Trinajstić information content (AvgIpc) is 2.85. The Labute approximate surface area is 214 Å². The maximum absolute atomic E-state index is 13.7. The molecule has 0 bridgehead atoms. The minimum atomic E-state index is -3.81. The lowest BCUT2D eigenvalue weighted by Crippen LogP contribution is -2.52. The van der Waals surface area contributed by atoms with Crippen molar-refractivity contribution in [1.82, 2.24) is 10.2 Å². The molecule has 0 aliphatic heterocycles. The summed E-state index contributed by atoms with van der Waals surface area (Å²) in [6.45, 7) is 5.94. The molecule has 0 unspecified atom stereocenters. The molecule has 2 aromatic carbocycles. The molecule has 36 heavy (non-hydrogen) atoms. The summed E-state index contributed by atoms with van der Waals surface area (Å²) < 4.78 is 36.8. The predicted octanol–water partition coefficient (Wildman–Crippen LogP) is 3.05. The van der Waals surface area contributed by atoms with Crippen LogP contribution in [-0.2, 0) is 26.2 Å². The van der Waals surface area contributed by atoms with E-state index in [2.05, 4.69) is 5.32 Å². The Morgan fingerprint density at radius 1 is 1.00 bits per heavy atom. The number of rotatable bonds is 13. The molecule has 2 rings (SSSR count). The van der Waals surface area contributed by atoms with Gasteiger partial charge in [0, 0.05) is 19.2 Å². The van der Waals surface area contributed by atoms with Crippen LogP contribution in [0.15, 0.2) is 48.5 Å². The molecule has 2 aromatic rings. The Hall–Kier alpha value is -3.27. The third kappa shape index (κ3) is 8.15. The number of amides is 2. The van der Waals surface area contributed by atoms with Crippen molar-refractivity contribution in [2.45, 2.75) is 39.8 Å².